The minimum atomic E-state index is -0.898. The van der Waals surface area contributed by atoms with Crippen LogP contribution in [-0.4, -0.2) is 10.5 Å². The molecule has 1 rings (SSSR count). The molecule has 0 spiro atoms. The first-order chi connectivity index (χ1) is 6.11. The quantitative estimate of drug-likeness (QED) is 0.676. The molecule has 0 fully saturated rings. The molecule has 13 heavy (non-hydrogen) atoms. The van der Waals surface area contributed by atoms with Gasteiger partial charge in [-0.25, -0.2) is 0 Å². The van der Waals surface area contributed by atoms with Crippen molar-refractivity contribution in [3.63, 3.8) is 0 Å². The molecular weight excluding hydrogens is 180 g/mol. The van der Waals surface area contributed by atoms with Gasteiger partial charge in [0, 0.05) is 11.2 Å². The Labute approximate surface area is 81.9 Å². The van der Waals surface area contributed by atoms with Crippen LogP contribution < -0.4 is 0 Å². The fraction of sp³-hybridized carbons (Fsp3) is 0.273. The van der Waals surface area contributed by atoms with Crippen LogP contribution in [0.5, 0.6) is 0 Å². The van der Waals surface area contributed by atoms with Crippen molar-refractivity contribution in [3.05, 3.63) is 42.0 Å². The summed E-state index contributed by atoms with van der Waals surface area (Å²) in [5, 5.41) is 0. The summed E-state index contributed by atoms with van der Waals surface area (Å²) in [4.78, 5) is 0.922. The molecule has 1 aromatic rings. The molecule has 0 saturated heterocycles. The number of rotatable bonds is 3. The lowest BCUT2D eigenvalue weighted by atomic mass is 10.1. The average molecular weight is 194 g/mol. The van der Waals surface area contributed by atoms with E-state index >= 15 is 0 Å². The van der Waals surface area contributed by atoms with Gasteiger partial charge in [0.15, 0.2) is 0 Å². The lowest BCUT2D eigenvalue weighted by molar-refractivity contribution is 0.686. The van der Waals surface area contributed by atoms with Gasteiger partial charge < -0.3 is 0 Å². The normalized spacial score (nSPS) is 12.5. The molecule has 0 amide bonds. The first-order valence-corrected chi connectivity index (χ1v) is 5.73. The van der Waals surface area contributed by atoms with E-state index in [1.807, 2.05) is 31.2 Å². The monoisotopic (exact) mass is 194 g/mol. The predicted molar refractivity (Wildman–Crippen MR) is 57.3 cm³/mol. The van der Waals surface area contributed by atoms with Gasteiger partial charge in [-0.15, -0.1) is 0 Å². The van der Waals surface area contributed by atoms with E-state index in [2.05, 4.69) is 6.58 Å². The highest BCUT2D eigenvalue weighted by Crippen LogP contribution is 2.15. The van der Waals surface area contributed by atoms with Crippen LogP contribution in [-0.2, 0) is 17.2 Å². The summed E-state index contributed by atoms with van der Waals surface area (Å²) in [7, 11) is -0.898. The maximum atomic E-state index is 11.3. The third-order valence-corrected chi connectivity index (χ3v) is 2.79. The molecule has 1 atom stereocenters. The highest BCUT2D eigenvalue weighted by atomic mass is 32.2. The first-order valence-electron chi connectivity index (χ1n) is 4.17. The number of benzene rings is 1. The van der Waals surface area contributed by atoms with Crippen LogP contribution in [0, 0.1) is 0 Å². The van der Waals surface area contributed by atoms with Crippen LogP contribution in [0.25, 0.3) is 0 Å². The van der Waals surface area contributed by atoms with Gasteiger partial charge in [-0.05, 0) is 25.0 Å². The molecule has 0 radical (unpaired) electrons. The molecule has 0 aliphatic rings. The van der Waals surface area contributed by atoms with E-state index in [9.17, 15) is 4.21 Å². The molecular formula is C11H14OS. The predicted octanol–water partition coefficient (Wildman–Crippen LogP) is 2.54. The van der Waals surface area contributed by atoms with Gasteiger partial charge in [0.2, 0.25) is 0 Å². The second-order valence-electron chi connectivity index (χ2n) is 3.20. The van der Waals surface area contributed by atoms with E-state index in [1.165, 1.54) is 0 Å². The van der Waals surface area contributed by atoms with Crippen molar-refractivity contribution >= 4 is 10.8 Å². The van der Waals surface area contributed by atoms with Crippen molar-refractivity contribution in [2.45, 2.75) is 18.2 Å². The Bertz CT molecular complexity index is 342. The van der Waals surface area contributed by atoms with Crippen LogP contribution in [0.3, 0.4) is 0 Å². The molecule has 0 bridgehead atoms. The highest BCUT2D eigenvalue weighted by Gasteiger charge is 2.04. The molecule has 0 N–H and O–H groups in total. The van der Waals surface area contributed by atoms with Crippen molar-refractivity contribution in [1.29, 1.82) is 0 Å². The van der Waals surface area contributed by atoms with Gasteiger partial charge in [0.25, 0.3) is 0 Å². The zero-order valence-electron chi connectivity index (χ0n) is 8.04. The maximum absolute atomic E-state index is 11.3. The lowest BCUT2D eigenvalue weighted by Crippen LogP contribution is -1.95. The fourth-order valence-electron chi connectivity index (χ4n) is 1.26. The largest absolute Gasteiger partial charge is 0.255 e. The van der Waals surface area contributed by atoms with Crippen molar-refractivity contribution in [1.82, 2.24) is 0 Å². The molecule has 0 saturated carbocycles. The van der Waals surface area contributed by atoms with Gasteiger partial charge in [-0.2, -0.15) is 0 Å². The summed E-state index contributed by atoms with van der Waals surface area (Å²) < 4.78 is 11.3. The van der Waals surface area contributed by atoms with E-state index in [1.54, 1.807) is 6.26 Å². The van der Waals surface area contributed by atoms with Crippen LogP contribution in [0.1, 0.15) is 12.5 Å². The van der Waals surface area contributed by atoms with E-state index in [-0.39, 0.29) is 0 Å². The van der Waals surface area contributed by atoms with Gasteiger partial charge in [0.1, 0.15) is 0 Å². The van der Waals surface area contributed by atoms with Crippen LogP contribution in [0.4, 0.5) is 0 Å². The number of allylic oxidation sites excluding steroid dienone is 1. The SMILES string of the molecule is C=C(C)Cc1ccccc1S(C)=O. The van der Waals surface area contributed by atoms with Crippen molar-refractivity contribution in [3.8, 4) is 0 Å². The van der Waals surface area contributed by atoms with Gasteiger partial charge >= 0.3 is 0 Å². The molecule has 0 aromatic heterocycles. The lowest BCUT2D eigenvalue weighted by Gasteiger charge is -2.05. The second-order valence-corrected chi connectivity index (χ2v) is 4.54. The average Bonchev–Trinajstić information content (AvgIpc) is 2.03. The van der Waals surface area contributed by atoms with Crippen LogP contribution in [0.2, 0.25) is 0 Å². The number of hydrogen-bond acceptors (Lipinski definition) is 1. The smallest absolute Gasteiger partial charge is 0.0501 e. The van der Waals surface area contributed by atoms with Crippen molar-refractivity contribution in [2.75, 3.05) is 6.26 Å². The molecule has 0 aliphatic carbocycles. The molecule has 1 nitrogen and oxygen atoms in total. The Kier molecular flexibility index (Phi) is 3.43. The van der Waals surface area contributed by atoms with Gasteiger partial charge in [-0.3, -0.25) is 4.21 Å². The minimum absolute atomic E-state index is 0.815. The fourth-order valence-corrected chi connectivity index (χ4v) is 2.04. The third kappa shape index (κ3) is 2.81. The summed E-state index contributed by atoms with van der Waals surface area (Å²) in [6, 6.07) is 7.80. The van der Waals surface area contributed by atoms with E-state index in [4.69, 9.17) is 0 Å². The third-order valence-electron chi connectivity index (χ3n) is 1.77. The maximum Gasteiger partial charge on any atom is 0.0501 e. The van der Waals surface area contributed by atoms with Crippen molar-refractivity contribution in [2.24, 2.45) is 0 Å². The van der Waals surface area contributed by atoms with Crippen LogP contribution >= 0.6 is 0 Å². The summed E-state index contributed by atoms with van der Waals surface area (Å²) in [6.45, 7) is 5.83. The molecule has 1 unspecified atom stereocenters. The summed E-state index contributed by atoms with van der Waals surface area (Å²) >= 11 is 0. The van der Waals surface area contributed by atoms with E-state index in [0.717, 1.165) is 22.5 Å². The first kappa shape index (κ1) is 10.2. The Morgan fingerprint density at radius 1 is 1.46 bits per heavy atom. The minimum Gasteiger partial charge on any atom is -0.255 e. The van der Waals surface area contributed by atoms with E-state index in [0.29, 0.717) is 0 Å². The summed E-state index contributed by atoms with van der Waals surface area (Å²) in [6.07, 6.45) is 2.52. The highest BCUT2D eigenvalue weighted by molar-refractivity contribution is 7.84. The molecule has 70 valence electrons. The van der Waals surface area contributed by atoms with Gasteiger partial charge in [-0.1, -0.05) is 30.4 Å². The second kappa shape index (κ2) is 4.38. The standard InChI is InChI=1S/C11H14OS/c1-9(2)8-10-6-4-5-7-11(10)13(3)12/h4-7H,1,8H2,2-3H3. The Morgan fingerprint density at radius 3 is 2.62 bits per heavy atom. The zero-order valence-corrected chi connectivity index (χ0v) is 8.86. The molecule has 1 aromatic carbocycles. The number of hydrogen-bond donors (Lipinski definition) is 0. The zero-order chi connectivity index (χ0) is 9.84. The molecule has 0 aliphatic heterocycles. The Balaban J connectivity index is 3.04. The van der Waals surface area contributed by atoms with Crippen molar-refractivity contribution < 1.29 is 4.21 Å². The summed E-state index contributed by atoms with van der Waals surface area (Å²) in [5.41, 5.74) is 2.22. The molecule has 2 heteroatoms. The Morgan fingerprint density at radius 2 is 2.08 bits per heavy atom. The Hall–Kier alpha value is -0.890. The van der Waals surface area contributed by atoms with E-state index < -0.39 is 10.8 Å². The summed E-state index contributed by atoms with van der Waals surface area (Å²) in [5.74, 6) is 0. The molecule has 0 heterocycles. The van der Waals surface area contributed by atoms with Gasteiger partial charge in [0.05, 0.1) is 10.8 Å². The topological polar surface area (TPSA) is 17.1 Å². The van der Waals surface area contributed by atoms with Crippen LogP contribution in [0.15, 0.2) is 41.3 Å².